The van der Waals surface area contributed by atoms with Crippen molar-refractivity contribution in [3.05, 3.63) is 35.9 Å². The Morgan fingerprint density at radius 1 is 1.24 bits per heavy atom. The molecule has 1 saturated heterocycles. The van der Waals surface area contributed by atoms with Crippen LogP contribution in [0.4, 0.5) is 4.39 Å². The van der Waals surface area contributed by atoms with E-state index in [4.69, 9.17) is 14.6 Å². The van der Waals surface area contributed by atoms with Gasteiger partial charge in [-0.05, 0) is 5.56 Å². The molecule has 2 N–H and O–H groups in total. The lowest BCUT2D eigenvalue weighted by molar-refractivity contribution is -0.127. The first kappa shape index (κ1) is 12.4. The molecule has 1 fully saturated rings. The van der Waals surface area contributed by atoms with Crippen LogP contribution < -0.4 is 0 Å². The summed E-state index contributed by atoms with van der Waals surface area (Å²) in [5.74, 6) is 0. The first-order valence-electron chi connectivity index (χ1n) is 5.46. The number of halogens is 1. The van der Waals surface area contributed by atoms with E-state index in [1.54, 1.807) is 0 Å². The van der Waals surface area contributed by atoms with E-state index in [1.807, 2.05) is 30.3 Å². The summed E-state index contributed by atoms with van der Waals surface area (Å²) in [6.45, 7) is 0.411. The van der Waals surface area contributed by atoms with E-state index in [0.29, 0.717) is 6.61 Å². The lowest BCUT2D eigenvalue weighted by atomic mass is 10.2. The number of hydrogen-bond acceptors (Lipinski definition) is 4. The number of rotatable bonds is 4. The van der Waals surface area contributed by atoms with Gasteiger partial charge in [0.2, 0.25) is 0 Å². The normalized spacial score (nSPS) is 32.9. The van der Waals surface area contributed by atoms with E-state index in [1.165, 1.54) is 0 Å². The molecular formula is C12H15FO4. The van der Waals surface area contributed by atoms with Gasteiger partial charge in [0, 0.05) is 0 Å². The highest BCUT2D eigenvalue weighted by molar-refractivity contribution is 5.13. The van der Waals surface area contributed by atoms with Gasteiger partial charge in [-0.3, -0.25) is 0 Å². The van der Waals surface area contributed by atoms with Crippen LogP contribution in [0, 0.1) is 0 Å². The van der Waals surface area contributed by atoms with Crippen LogP contribution in [0.25, 0.3) is 0 Å². The van der Waals surface area contributed by atoms with E-state index < -0.39 is 24.7 Å². The molecule has 0 aliphatic carbocycles. The number of ether oxygens (including phenoxy) is 2. The van der Waals surface area contributed by atoms with E-state index in [-0.39, 0.29) is 6.61 Å². The standard InChI is InChI=1S/C12H15FO4/c13-10-11(14)9(17-12(10)15)7-16-6-8-4-2-1-3-5-8/h1-5,9-12,14-15H,6-7H2/t9-,10-,11-,12+/m1/s1. The van der Waals surface area contributed by atoms with Gasteiger partial charge in [-0.2, -0.15) is 0 Å². The Morgan fingerprint density at radius 2 is 1.94 bits per heavy atom. The van der Waals surface area contributed by atoms with Crippen molar-refractivity contribution in [1.82, 2.24) is 0 Å². The second kappa shape index (κ2) is 5.55. The SMILES string of the molecule is O[C@H]1[C@@H](F)[C@@H](O)O[C@@H]1COCc1ccccc1. The molecule has 94 valence electrons. The summed E-state index contributed by atoms with van der Waals surface area (Å²) in [6.07, 6.45) is -5.47. The van der Waals surface area contributed by atoms with Crippen molar-refractivity contribution in [2.75, 3.05) is 6.61 Å². The maximum Gasteiger partial charge on any atom is 0.189 e. The van der Waals surface area contributed by atoms with Crippen molar-refractivity contribution >= 4 is 0 Å². The van der Waals surface area contributed by atoms with Gasteiger partial charge in [0.15, 0.2) is 12.5 Å². The molecule has 1 aromatic carbocycles. The lowest BCUT2D eigenvalue weighted by Crippen LogP contribution is -2.31. The molecule has 1 aliphatic rings. The number of benzene rings is 1. The molecule has 0 bridgehead atoms. The molecule has 0 saturated carbocycles. The Balaban J connectivity index is 1.76. The minimum atomic E-state index is -1.76. The van der Waals surface area contributed by atoms with Crippen molar-refractivity contribution in [3.63, 3.8) is 0 Å². The predicted octanol–water partition coefficient (Wildman–Crippen LogP) is 0.619. The van der Waals surface area contributed by atoms with Gasteiger partial charge in [0.25, 0.3) is 0 Å². The molecular weight excluding hydrogens is 227 g/mol. The van der Waals surface area contributed by atoms with E-state index in [0.717, 1.165) is 5.56 Å². The number of alkyl halides is 1. The van der Waals surface area contributed by atoms with Crippen molar-refractivity contribution in [3.8, 4) is 0 Å². The molecule has 5 heteroatoms. The number of aliphatic hydroxyl groups is 2. The number of aliphatic hydroxyl groups excluding tert-OH is 2. The average molecular weight is 242 g/mol. The average Bonchev–Trinajstić information content (AvgIpc) is 2.59. The first-order chi connectivity index (χ1) is 8.18. The van der Waals surface area contributed by atoms with Crippen LogP contribution in [0.5, 0.6) is 0 Å². The Morgan fingerprint density at radius 3 is 2.53 bits per heavy atom. The van der Waals surface area contributed by atoms with Crippen LogP contribution >= 0.6 is 0 Å². The Bertz CT molecular complexity index is 346. The summed E-state index contributed by atoms with van der Waals surface area (Å²) in [4.78, 5) is 0. The zero-order chi connectivity index (χ0) is 12.3. The lowest BCUT2D eigenvalue weighted by Gasteiger charge is -2.13. The zero-order valence-electron chi connectivity index (χ0n) is 9.20. The van der Waals surface area contributed by atoms with Crippen LogP contribution in [0.15, 0.2) is 30.3 Å². The van der Waals surface area contributed by atoms with Crippen molar-refractivity contribution in [1.29, 1.82) is 0 Å². The molecule has 0 amide bonds. The van der Waals surface area contributed by atoms with Crippen LogP contribution in [0.1, 0.15) is 5.56 Å². The molecule has 0 radical (unpaired) electrons. The zero-order valence-corrected chi connectivity index (χ0v) is 9.20. The van der Waals surface area contributed by atoms with E-state index in [2.05, 4.69) is 0 Å². The summed E-state index contributed by atoms with van der Waals surface area (Å²) in [5.41, 5.74) is 0.984. The van der Waals surface area contributed by atoms with Gasteiger partial charge in [-0.15, -0.1) is 0 Å². The third kappa shape index (κ3) is 3.01. The quantitative estimate of drug-likeness (QED) is 0.812. The molecule has 1 aromatic rings. The molecule has 0 aromatic heterocycles. The molecule has 0 spiro atoms. The van der Waals surface area contributed by atoms with Crippen molar-refractivity contribution in [2.45, 2.75) is 31.3 Å². The number of hydrogen-bond donors (Lipinski definition) is 2. The second-order valence-corrected chi connectivity index (χ2v) is 4.00. The fraction of sp³-hybridized carbons (Fsp3) is 0.500. The Kier molecular flexibility index (Phi) is 4.06. The van der Waals surface area contributed by atoms with Crippen LogP contribution in [-0.2, 0) is 16.1 Å². The van der Waals surface area contributed by atoms with Gasteiger partial charge < -0.3 is 19.7 Å². The summed E-state index contributed by atoms with van der Waals surface area (Å²) in [7, 11) is 0. The molecule has 0 unspecified atom stereocenters. The molecule has 1 aliphatic heterocycles. The topological polar surface area (TPSA) is 58.9 Å². The van der Waals surface area contributed by atoms with Crippen LogP contribution in [0.3, 0.4) is 0 Å². The Hall–Kier alpha value is -1.01. The third-order valence-corrected chi connectivity index (χ3v) is 2.69. The highest BCUT2D eigenvalue weighted by Gasteiger charge is 2.43. The third-order valence-electron chi connectivity index (χ3n) is 2.69. The monoisotopic (exact) mass is 242 g/mol. The van der Waals surface area contributed by atoms with Crippen molar-refractivity contribution in [2.24, 2.45) is 0 Å². The van der Waals surface area contributed by atoms with Gasteiger partial charge in [-0.25, -0.2) is 4.39 Å². The summed E-state index contributed by atoms with van der Waals surface area (Å²) < 4.78 is 23.2. The van der Waals surface area contributed by atoms with Gasteiger partial charge in [0.05, 0.1) is 13.2 Å². The summed E-state index contributed by atoms with van der Waals surface area (Å²) >= 11 is 0. The Labute approximate surface area is 98.6 Å². The largest absolute Gasteiger partial charge is 0.387 e. The van der Waals surface area contributed by atoms with Gasteiger partial charge in [0.1, 0.15) is 12.2 Å². The molecule has 4 atom stereocenters. The highest BCUT2D eigenvalue weighted by atomic mass is 19.1. The fourth-order valence-electron chi connectivity index (χ4n) is 1.71. The van der Waals surface area contributed by atoms with Gasteiger partial charge >= 0.3 is 0 Å². The minimum Gasteiger partial charge on any atom is -0.387 e. The molecule has 2 rings (SSSR count). The molecule has 17 heavy (non-hydrogen) atoms. The van der Waals surface area contributed by atoms with Crippen LogP contribution in [0.2, 0.25) is 0 Å². The maximum atomic E-state index is 13.0. The minimum absolute atomic E-state index is 0.0491. The second-order valence-electron chi connectivity index (χ2n) is 4.00. The maximum absolute atomic E-state index is 13.0. The van der Waals surface area contributed by atoms with Crippen LogP contribution in [-0.4, -0.2) is 41.5 Å². The smallest absolute Gasteiger partial charge is 0.189 e. The summed E-state index contributed by atoms with van der Waals surface area (Å²) in [5, 5.41) is 18.4. The first-order valence-corrected chi connectivity index (χ1v) is 5.46. The van der Waals surface area contributed by atoms with Crippen molar-refractivity contribution < 1.29 is 24.1 Å². The van der Waals surface area contributed by atoms with E-state index >= 15 is 0 Å². The van der Waals surface area contributed by atoms with Gasteiger partial charge in [-0.1, -0.05) is 30.3 Å². The van der Waals surface area contributed by atoms with E-state index in [9.17, 15) is 9.50 Å². The molecule has 4 nitrogen and oxygen atoms in total. The summed E-state index contributed by atoms with van der Waals surface area (Å²) in [6, 6.07) is 9.48. The predicted molar refractivity (Wildman–Crippen MR) is 57.9 cm³/mol. The highest BCUT2D eigenvalue weighted by Crippen LogP contribution is 2.22. The molecule has 1 heterocycles. The fourth-order valence-corrected chi connectivity index (χ4v) is 1.71.